The van der Waals surface area contributed by atoms with E-state index in [-0.39, 0.29) is 5.91 Å². The van der Waals surface area contributed by atoms with Gasteiger partial charge >= 0.3 is 0 Å². The van der Waals surface area contributed by atoms with Gasteiger partial charge in [-0.15, -0.1) is 0 Å². The highest BCUT2D eigenvalue weighted by atomic mass is 35.5. The Morgan fingerprint density at radius 3 is 2.34 bits per heavy atom. The predicted molar refractivity (Wildman–Crippen MR) is 130 cm³/mol. The zero-order valence-corrected chi connectivity index (χ0v) is 18.8. The van der Waals surface area contributed by atoms with Gasteiger partial charge in [-0.1, -0.05) is 60.1 Å². The second-order valence-corrected chi connectivity index (χ2v) is 9.16. The number of piperidine rings is 1. The highest BCUT2D eigenvalue weighted by molar-refractivity contribution is 6.54. The first-order valence-electron chi connectivity index (χ1n) is 11.3. The molecule has 32 heavy (non-hydrogen) atoms. The monoisotopic (exact) mass is 444 g/mol. The van der Waals surface area contributed by atoms with Gasteiger partial charge in [0, 0.05) is 10.6 Å². The molecule has 4 nitrogen and oxygen atoms in total. The van der Waals surface area contributed by atoms with E-state index in [2.05, 4.69) is 35.3 Å². The SMILES string of the molecule is O=C1C(=Nc2ccc(Cl)cc2)c2ccccc2N1C[NH+]1CCC(Cc2ccccc2)CC1. The van der Waals surface area contributed by atoms with Gasteiger partial charge in [0.25, 0.3) is 5.91 Å². The van der Waals surface area contributed by atoms with Crippen LogP contribution in [0.2, 0.25) is 5.02 Å². The molecule has 162 valence electrons. The van der Waals surface area contributed by atoms with Crippen LogP contribution in [0.15, 0.2) is 83.9 Å². The number of nitrogens with one attached hydrogen (secondary N) is 1. The fraction of sp³-hybridized carbons (Fsp3) is 0.259. The van der Waals surface area contributed by atoms with Crippen molar-refractivity contribution in [1.82, 2.24) is 0 Å². The summed E-state index contributed by atoms with van der Waals surface area (Å²) in [5.74, 6) is 0.713. The molecule has 0 aromatic heterocycles. The van der Waals surface area contributed by atoms with E-state index in [1.54, 1.807) is 12.1 Å². The van der Waals surface area contributed by atoms with E-state index in [9.17, 15) is 4.79 Å². The number of carbonyl (C=O) groups excluding carboxylic acids is 1. The highest BCUT2D eigenvalue weighted by Crippen LogP contribution is 2.30. The number of nitrogens with zero attached hydrogens (tertiary/aromatic N) is 2. The van der Waals surface area contributed by atoms with Crippen molar-refractivity contribution in [3.63, 3.8) is 0 Å². The minimum absolute atomic E-state index is 0.0138. The lowest BCUT2D eigenvalue weighted by Crippen LogP contribution is -3.14. The van der Waals surface area contributed by atoms with Crippen LogP contribution in [-0.2, 0) is 11.2 Å². The first-order chi connectivity index (χ1) is 15.7. The van der Waals surface area contributed by atoms with Gasteiger partial charge in [-0.05, 0) is 61.1 Å². The number of hydrogen-bond acceptors (Lipinski definition) is 2. The molecule has 0 unspecified atom stereocenters. The minimum Gasteiger partial charge on any atom is -0.317 e. The quantitative estimate of drug-likeness (QED) is 0.625. The average molecular weight is 445 g/mol. The lowest BCUT2D eigenvalue weighted by molar-refractivity contribution is -0.904. The van der Waals surface area contributed by atoms with Crippen molar-refractivity contribution in [2.75, 3.05) is 24.7 Å². The fourth-order valence-electron chi connectivity index (χ4n) is 4.79. The number of likely N-dealkylation sites (tertiary alicyclic amines) is 1. The van der Waals surface area contributed by atoms with Crippen molar-refractivity contribution in [3.8, 4) is 0 Å². The summed E-state index contributed by atoms with van der Waals surface area (Å²) in [6, 6.07) is 26.0. The number of hydrogen-bond donors (Lipinski definition) is 1. The van der Waals surface area contributed by atoms with Crippen molar-refractivity contribution in [2.45, 2.75) is 19.3 Å². The van der Waals surface area contributed by atoms with Gasteiger partial charge in [0.05, 0.1) is 24.5 Å². The lowest BCUT2D eigenvalue weighted by atomic mass is 9.90. The smallest absolute Gasteiger partial charge is 0.281 e. The van der Waals surface area contributed by atoms with Crippen molar-refractivity contribution in [3.05, 3.63) is 95.0 Å². The van der Waals surface area contributed by atoms with Crippen molar-refractivity contribution in [2.24, 2.45) is 10.9 Å². The molecule has 5 heteroatoms. The standard InChI is InChI=1S/C27H26ClN3O/c28-22-10-12-23(13-11-22)29-26-24-8-4-5-9-25(24)31(27(26)32)19-30-16-14-21(15-17-30)18-20-6-2-1-3-7-20/h1-13,21H,14-19H2/p+1. The summed E-state index contributed by atoms with van der Waals surface area (Å²) in [7, 11) is 0. The van der Waals surface area contributed by atoms with Gasteiger partial charge in [-0.3, -0.25) is 9.69 Å². The van der Waals surface area contributed by atoms with Crippen LogP contribution in [0.1, 0.15) is 24.0 Å². The largest absolute Gasteiger partial charge is 0.317 e. The molecular formula is C27H27ClN3O+. The van der Waals surface area contributed by atoms with Crippen molar-refractivity contribution in [1.29, 1.82) is 0 Å². The number of anilines is 1. The van der Waals surface area contributed by atoms with E-state index in [0.29, 0.717) is 17.4 Å². The van der Waals surface area contributed by atoms with E-state index in [0.717, 1.165) is 42.4 Å². The molecule has 0 radical (unpaired) electrons. The molecule has 0 atom stereocenters. The zero-order chi connectivity index (χ0) is 21.9. The maximum Gasteiger partial charge on any atom is 0.281 e. The molecule has 2 aliphatic heterocycles. The van der Waals surface area contributed by atoms with Crippen LogP contribution in [0.25, 0.3) is 0 Å². The Morgan fingerprint density at radius 1 is 0.906 bits per heavy atom. The Hall–Kier alpha value is -2.95. The molecule has 3 aromatic carbocycles. The molecule has 1 fully saturated rings. The summed E-state index contributed by atoms with van der Waals surface area (Å²) in [5, 5.41) is 0.660. The van der Waals surface area contributed by atoms with Gasteiger partial charge in [0.15, 0.2) is 6.67 Å². The van der Waals surface area contributed by atoms with E-state index < -0.39 is 0 Å². The third-order valence-electron chi connectivity index (χ3n) is 6.53. The molecule has 0 spiro atoms. The van der Waals surface area contributed by atoms with Crippen LogP contribution in [-0.4, -0.2) is 31.4 Å². The number of halogens is 1. The molecule has 0 aliphatic carbocycles. The molecule has 5 rings (SSSR count). The topological polar surface area (TPSA) is 37.1 Å². The molecule has 3 aromatic rings. The number of para-hydroxylation sites is 1. The number of fused-ring (bicyclic) bond motifs is 1. The first-order valence-corrected chi connectivity index (χ1v) is 11.7. The molecule has 1 saturated heterocycles. The van der Waals surface area contributed by atoms with Crippen LogP contribution in [0, 0.1) is 5.92 Å². The summed E-state index contributed by atoms with van der Waals surface area (Å²) in [5.41, 5.74) is 4.55. The van der Waals surface area contributed by atoms with Gasteiger partial charge in [0.2, 0.25) is 0 Å². The maximum absolute atomic E-state index is 13.4. The lowest BCUT2D eigenvalue weighted by Gasteiger charge is -2.32. The summed E-state index contributed by atoms with van der Waals surface area (Å²) < 4.78 is 0. The number of quaternary nitrogens is 1. The second-order valence-electron chi connectivity index (χ2n) is 8.73. The Bertz CT molecular complexity index is 1120. The normalized spacial score (nSPS) is 21.7. The molecule has 1 N–H and O–H groups in total. The van der Waals surface area contributed by atoms with E-state index in [1.165, 1.54) is 23.3 Å². The Labute approximate surface area is 194 Å². The summed E-state index contributed by atoms with van der Waals surface area (Å²) in [4.78, 5) is 21.4. The number of benzene rings is 3. The summed E-state index contributed by atoms with van der Waals surface area (Å²) >= 11 is 6.00. The predicted octanol–water partition coefficient (Wildman–Crippen LogP) is 4.30. The summed E-state index contributed by atoms with van der Waals surface area (Å²) in [6.07, 6.45) is 3.54. The van der Waals surface area contributed by atoms with Gasteiger partial charge in [0.1, 0.15) is 5.71 Å². The Kier molecular flexibility index (Phi) is 6.06. The maximum atomic E-state index is 13.4. The van der Waals surface area contributed by atoms with Crippen LogP contribution in [0.5, 0.6) is 0 Å². The molecule has 0 bridgehead atoms. The van der Waals surface area contributed by atoms with Crippen LogP contribution >= 0.6 is 11.6 Å². The third kappa shape index (κ3) is 4.47. The average Bonchev–Trinajstić information content (AvgIpc) is 3.08. The number of rotatable bonds is 5. The Balaban J connectivity index is 1.28. The first kappa shape index (κ1) is 20.9. The number of carbonyl (C=O) groups is 1. The van der Waals surface area contributed by atoms with E-state index >= 15 is 0 Å². The van der Waals surface area contributed by atoms with Crippen LogP contribution in [0.3, 0.4) is 0 Å². The Morgan fingerprint density at radius 2 is 1.59 bits per heavy atom. The minimum atomic E-state index is -0.0138. The van der Waals surface area contributed by atoms with E-state index in [1.807, 2.05) is 41.3 Å². The van der Waals surface area contributed by atoms with Gasteiger partial charge < -0.3 is 4.90 Å². The third-order valence-corrected chi connectivity index (χ3v) is 6.78. The number of aliphatic imine (C=N–C) groups is 1. The molecule has 0 saturated carbocycles. The van der Waals surface area contributed by atoms with E-state index in [4.69, 9.17) is 11.6 Å². The molecular weight excluding hydrogens is 418 g/mol. The van der Waals surface area contributed by atoms with Crippen LogP contribution in [0.4, 0.5) is 11.4 Å². The number of amides is 1. The molecule has 1 amide bonds. The van der Waals surface area contributed by atoms with Crippen molar-refractivity contribution >= 4 is 34.6 Å². The van der Waals surface area contributed by atoms with Crippen LogP contribution < -0.4 is 9.80 Å². The summed E-state index contributed by atoms with van der Waals surface area (Å²) in [6.45, 7) is 2.87. The molecule has 2 heterocycles. The van der Waals surface area contributed by atoms with Crippen molar-refractivity contribution < 1.29 is 9.69 Å². The second kappa shape index (κ2) is 9.27. The highest BCUT2D eigenvalue weighted by Gasteiger charge is 2.36. The zero-order valence-electron chi connectivity index (χ0n) is 18.0. The molecule has 2 aliphatic rings. The van der Waals surface area contributed by atoms with Gasteiger partial charge in [-0.25, -0.2) is 4.99 Å². The fourth-order valence-corrected chi connectivity index (χ4v) is 4.92. The van der Waals surface area contributed by atoms with Gasteiger partial charge in [-0.2, -0.15) is 0 Å².